The lowest BCUT2D eigenvalue weighted by atomic mass is 10.1. The summed E-state index contributed by atoms with van der Waals surface area (Å²) in [6, 6.07) is 7.62. The Labute approximate surface area is 115 Å². The van der Waals surface area contributed by atoms with Crippen molar-refractivity contribution in [1.82, 2.24) is 10.6 Å². The molecule has 0 spiro atoms. The van der Waals surface area contributed by atoms with E-state index in [-0.39, 0.29) is 24.6 Å². The Morgan fingerprint density at radius 3 is 2.42 bits per heavy atom. The van der Waals surface area contributed by atoms with E-state index in [0.717, 1.165) is 12.0 Å². The number of rotatable bonds is 6. The molecule has 4 nitrogen and oxygen atoms in total. The van der Waals surface area contributed by atoms with Gasteiger partial charge < -0.3 is 15.7 Å². The summed E-state index contributed by atoms with van der Waals surface area (Å²) in [5.74, 6) is 0.207. The number of benzene rings is 1. The number of amides is 2. The van der Waals surface area contributed by atoms with Crippen molar-refractivity contribution in [3.8, 4) is 0 Å². The number of hydrogen-bond donors (Lipinski definition) is 3. The number of aliphatic hydroxyl groups excluding tert-OH is 1. The summed E-state index contributed by atoms with van der Waals surface area (Å²) in [4.78, 5) is 11.8. The first-order valence-electron chi connectivity index (χ1n) is 6.80. The number of carbonyl (C=O) groups is 1. The largest absolute Gasteiger partial charge is 0.394 e. The molecule has 0 aliphatic rings. The molecule has 0 fully saturated rings. The van der Waals surface area contributed by atoms with Gasteiger partial charge in [-0.15, -0.1) is 0 Å². The third kappa shape index (κ3) is 4.91. The molecule has 3 N–H and O–H groups in total. The normalized spacial score (nSPS) is 12.3. The van der Waals surface area contributed by atoms with Crippen LogP contribution in [0.5, 0.6) is 0 Å². The van der Waals surface area contributed by atoms with Crippen molar-refractivity contribution in [3.05, 3.63) is 35.4 Å². The van der Waals surface area contributed by atoms with Gasteiger partial charge in [-0.1, -0.05) is 45.0 Å². The van der Waals surface area contributed by atoms with Gasteiger partial charge >= 0.3 is 6.03 Å². The van der Waals surface area contributed by atoms with Crippen molar-refractivity contribution in [2.24, 2.45) is 5.92 Å². The van der Waals surface area contributed by atoms with Gasteiger partial charge in [-0.3, -0.25) is 0 Å². The quantitative estimate of drug-likeness (QED) is 0.736. The molecule has 0 aliphatic heterocycles. The van der Waals surface area contributed by atoms with Gasteiger partial charge in [0.05, 0.1) is 12.6 Å². The van der Waals surface area contributed by atoms with Gasteiger partial charge in [0, 0.05) is 6.54 Å². The maximum atomic E-state index is 11.8. The molecular weight excluding hydrogens is 240 g/mol. The van der Waals surface area contributed by atoms with E-state index in [0.29, 0.717) is 6.54 Å². The van der Waals surface area contributed by atoms with Crippen LogP contribution in [0.2, 0.25) is 0 Å². The van der Waals surface area contributed by atoms with Crippen LogP contribution in [-0.4, -0.2) is 23.8 Å². The summed E-state index contributed by atoms with van der Waals surface area (Å²) < 4.78 is 0. The van der Waals surface area contributed by atoms with Crippen LogP contribution in [0.4, 0.5) is 4.79 Å². The van der Waals surface area contributed by atoms with Gasteiger partial charge in [0.2, 0.25) is 0 Å². The molecule has 1 atom stereocenters. The van der Waals surface area contributed by atoms with Crippen LogP contribution in [0.1, 0.15) is 31.9 Å². The van der Waals surface area contributed by atoms with E-state index in [2.05, 4.69) is 23.6 Å². The highest BCUT2D eigenvalue weighted by Gasteiger charge is 2.14. The Kier molecular flexibility index (Phi) is 6.36. The molecule has 2 amide bonds. The minimum absolute atomic E-state index is 0.0450. The second kappa shape index (κ2) is 7.79. The number of aliphatic hydroxyl groups is 1. The van der Waals surface area contributed by atoms with Crippen LogP contribution in [0.3, 0.4) is 0 Å². The van der Waals surface area contributed by atoms with Crippen LogP contribution in [0.25, 0.3) is 0 Å². The van der Waals surface area contributed by atoms with Gasteiger partial charge in [0.25, 0.3) is 0 Å². The maximum Gasteiger partial charge on any atom is 0.315 e. The van der Waals surface area contributed by atoms with Gasteiger partial charge in [-0.2, -0.15) is 0 Å². The summed E-state index contributed by atoms with van der Waals surface area (Å²) in [5.41, 5.74) is 2.37. The van der Waals surface area contributed by atoms with Crippen LogP contribution in [-0.2, 0) is 13.0 Å². The fourth-order valence-electron chi connectivity index (χ4n) is 1.89. The predicted octanol–water partition coefficient (Wildman–Crippen LogP) is 2.07. The lowest BCUT2D eigenvalue weighted by molar-refractivity contribution is 0.198. The molecular formula is C15H24N2O2. The van der Waals surface area contributed by atoms with Crippen molar-refractivity contribution in [3.63, 3.8) is 0 Å². The second-order valence-electron chi connectivity index (χ2n) is 4.98. The molecule has 0 heterocycles. The van der Waals surface area contributed by atoms with Crippen LogP contribution in [0.15, 0.2) is 24.3 Å². The molecule has 106 valence electrons. The molecule has 0 aliphatic carbocycles. The minimum atomic E-state index is -0.237. The summed E-state index contributed by atoms with van der Waals surface area (Å²) in [7, 11) is 0. The first-order valence-corrected chi connectivity index (χ1v) is 6.80. The Morgan fingerprint density at radius 1 is 1.26 bits per heavy atom. The highest BCUT2D eigenvalue weighted by molar-refractivity contribution is 5.74. The molecule has 1 aromatic rings. The average molecular weight is 264 g/mol. The van der Waals surface area contributed by atoms with Crippen molar-refractivity contribution in [1.29, 1.82) is 0 Å². The number of nitrogens with one attached hydrogen (secondary N) is 2. The minimum Gasteiger partial charge on any atom is -0.394 e. The van der Waals surface area contributed by atoms with E-state index >= 15 is 0 Å². The Morgan fingerprint density at radius 2 is 1.89 bits per heavy atom. The smallest absolute Gasteiger partial charge is 0.315 e. The van der Waals surface area contributed by atoms with Crippen LogP contribution in [0, 0.1) is 5.92 Å². The second-order valence-corrected chi connectivity index (χ2v) is 4.98. The van der Waals surface area contributed by atoms with Crippen molar-refractivity contribution in [2.75, 3.05) is 6.61 Å². The van der Waals surface area contributed by atoms with Gasteiger partial charge in [-0.25, -0.2) is 4.79 Å². The molecule has 0 bridgehead atoms. The average Bonchev–Trinajstić information content (AvgIpc) is 2.42. The molecule has 0 aromatic heterocycles. The van der Waals surface area contributed by atoms with Crippen molar-refractivity contribution in [2.45, 2.75) is 39.8 Å². The standard InChI is InChI=1S/C15H24N2O2/c1-4-12-7-5-6-8-13(12)9-16-15(19)17-14(10-18)11(2)3/h5-8,11,14,18H,4,9-10H2,1-3H3,(H2,16,17,19)/t14-/m1/s1. The first-order chi connectivity index (χ1) is 9.08. The van der Waals surface area contributed by atoms with Crippen LogP contribution >= 0.6 is 0 Å². The third-order valence-corrected chi connectivity index (χ3v) is 3.26. The summed E-state index contributed by atoms with van der Waals surface area (Å²) in [6.45, 7) is 6.49. The van der Waals surface area contributed by atoms with Gasteiger partial charge in [-0.05, 0) is 23.5 Å². The molecule has 0 saturated heterocycles. The molecule has 0 radical (unpaired) electrons. The molecule has 0 saturated carbocycles. The van der Waals surface area contributed by atoms with Crippen molar-refractivity contribution >= 4 is 6.03 Å². The Bertz CT molecular complexity index is 405. The van der Waals surface area contributed by atoms with Crippen molar-refractivity contribution < 1.29 is 9.90 Å². The zero-order valence-corrected chi connectivity index (χ0v) is 11.9. The number of hydrogen-bond acceptors (Lipinski definition) is 2. The van der Waals surface area contributed by atoms with Gasteiger partial charge in [0.15, 0.2) is 0 Å². The third-order valence-electron chi connectivity index (χ3n) is 3.26. The zero-order valence-electron chi connectivity index (χ0n) is 11.9. The van der Waals surface area contributed by atoms with E-state index in [4.69, 9.17) is 0 Å². The maximum absolute atomic E-state index is 11.8. The molecule has 4 heteroatoms. The molecule has 19 heavy (non-hydrogen) atoms. The topological polar surface area (TPSA) is 61.4 Å². The number of urea groups is 1. The Hall–Kier alpha value is -1.55. The summed E-state index contributed by atoms with van der Waals surface area (Å²) in [5, 5.41) is 14.8. The zero-order chi connectivity index (χ0) is 14.3. The monoisotopic (exact) mass is 264 g/mol. The predicted molar refractivity (Wildman–Crippen MR) is 76.9 cm³/mol. The Balaban J connectivity index is 2.50. The van der Waals surface area contributed by atoms with Gasteiger partial charge in [0.1, 0.15) is 0 Å². The number of aryl methyl sites for hydroxylation is 1. The highest BCUT2D eigenvalue weighted by Crippen LogP contribution is 2.08. The SMILES string of the molecule is CCc1ccccc1CNC(=O)N[C@H](CO)C(C)C. The molecule has 1 aromatic carbocycles. The molecule has 1 rings (SSSR count). The lowest BCUT2D eigenvalue weighted by Crippen LogP contribution is -2.46. The van der Waals surface area contributed by atoms with E-state index in [1.807, 2.05) is 32.0 Å². The van der Waals surface area contributed by atoms with Crippen LogP contribution < -0.4 is 10.6 Å². The lowest BCUT2D eigenvalue weighted by Gasteiger charge is -2.20. The first kappa shape index (κ1) is 15.5. The van der Waals surface area contributed by atoms with E-state index < -0.39 is 0 Å². The summed E-state index contributed by atoms with van der Waals surface area (Å²) >= 11 is 0. The molecule has 0 unspecified atom stereocenters. The van der Waals surface area contributed by atoms with E-state index in [1.165, 1.54) is 5.56 Å². The van der Waals surface area contributed by atoms with E-state index in [9.17, 15) is 9.90 Å². The fraction of sp³-hybridized carbons (Fsp3) is 0.533. The summed E-state index contributed by atoms with van der Waals surface area (Å²) in [6.07, 6.45) is 0.949. The fourth-order valence-corrected chi connectivity index (χ4v) is 1.89. The number of carbonyl (C=O) groups excluding carboxylic acids is 1. The highest BCUT2D eigenvalue weighted by atomic mass is 16.3. The van der Waals surface area contributed by atoms with E-state index in [1.54, 1.807) is 0 Å².